The first kappa shape index (κ1) is 19.3. The first-order valence-electron chi connectivity index (χ1n) is 9.65. The van der Waals surface area contributed by atoms with Gasteiger partial charge in [0.2, 0.25) is 16.9 Å². The molecule has 0 radical (unpaired) electrons. The van der Waals surface area contributed by atoms with E-state index in [0.29, 0.717) is 29.8 Å². The Balaban J connectivity index is 1.69. The zero-order valence-electron chi connectivity index (χ0n) is 16.9. The summed E-state index contributed by atoms with van der Waals surface area (Å²) in [6.45, 7) is 6.61. The summed E-state index contributed by atoms with van der Waals surface area (Å²) in [5, 5.41) is 0.422. The number of fused-ring (bicyclic) bond motifs is 1. The number of furan rings is 1. The quantitative estimate of drug-likeness (QED) is 0.675. The molecule has 1 aromatic carbocycles. The van der Waals surface area contributed by atoms with E-state index in [1.54, 1.807) is 23.1 Å². The third-order valence-corrected chi connectivity index (χ3v) is 5.41. The Morgan fingerprint density at radius 2 is 1.86 bits per heavy atom. The Morgan fingerprint density at radius 3 is 2.55 bits per heavy atom. The normalized spacial score (nSPS) is 15.1. The summed E-state index contributed by atoms with van der Waals surface area (Å²) in [6.07, 6.45) is 1.50. The average Bonchev–Trinajstić information content (AvgIpc) is 3.24. The van der Waals surface area contributed by atoms with Gasteiger partial charge in [-0.25, -0.2) is 0 Å². The van der Waals surface area contributed by atoms with Crippen LogP contribution >= 0.6 is 0 Å². The van der Waals surface area contributed by atoms with Gasteiger partial charge >= 0.3 is 0 Å². The summed E-state index contributed by atoms with van der Waals surface area (Å²) in [5.74, 6) is 0.424. The lowest BCUT2D eigenvalue weighted by Gasteiger charge is -2.32. The number of ether oxygens (including phenoxy) is 1. The minimum atomic E-state index is -0.313. The molecule has 152 valence electrons. The van der Waals surface area contributed by atoms with Gasteiger partial charge < -0.3 is 23.4 Å². The van der Waals surface area contributed by atoms with Crippen molar-refractivity contribution in [1.29, 1.82) is 0 Å². The van der Waals surface area contributed by atoms with Crippen LogP contribution in [-0.4, -0.2) is 55.5 Å². The molecule has 7 nitrogen and oxygen atoms in total. The molecule has 0 atom stereocenters. The smallest absolute Gasteiger partial charge is 0.260 e. The van der Waals surface area contributed by atoms with E-state index in [9.17, 15) is 9.59 Å². The maximum Gasteiger partial charge on any atom is 0.260 e. The van der Waals surface area contributed by atoms with E-state index in [0.717, 1.165) is 24.2 Å². The summed E-state index contributed by atoms with van der Waals surface area (Å²) >= 11 is 0. The number of nitrogens with zero attached hydrogens (tertiary/aromatic N) is 2. The standard InChI is InChI=1S/C22H24N2O5/c1-14-11-16-18(12-15(14)2)29-21(17-5-4-10-27-17)22(20(16)26)28-13-19(25)24-8-6-23(3)7-9-24/h4-5,10-12H,6-9,13H2,1-3H3. The molecule has 3 heterocycles. The second-order valence-corrected chi connectivity index (χ2v) is 7.47. The predicted molar refractivity (Wildman–Crippen MR) is 109 cm³/mol. The van der Waals surface area contributed by atoms with E-state index in [1.807, 2.05) is 27.0 Å². The number of carbonyl (C=O) groups is 1. The van der Waals surface area contributed by atoms with E-state index in [4.69, 9.17) is 13.6 Å². The average molecular weight is 396 g/mol. The molecule has 1 amide bonds. The van der Waals surface area contributed by atoms with Gasteiger partial charge in [-0.05, 0) is 56.3 Å². The van der Waals surface area contributed by atoms with E-state index < -0.39 is 0 Å². The zero-order chi connectivity index (χ0) is 20.5. The molecule has 3 aromatic rings. The zero-order valence-corrected chi connectivity index (χ0v) is 16.9. The van der Waals surface area contributed by atoms with Crippen molar-refractivity contribution in [3.63, 3.8) is 0 Å². The Bertz CT molecular complexity index is 1090. The number of amides is 1. The molecule has 0 N–H and O–H groups in total. The van der Waals surface area contributed by atoms with Crippen molar-refractivity contribution < 1.29 is 18.4 Å². The first-order chi connectivity index (χ1) is 13.9. The third kappa shape index (κ3) is 3.78. The molecular weight excluding hydrogens is 372 g/mol. The Hall–Kier alpha value is -3.06. The van der Waals surface area contributed by atoms with Crippen molar-refractivity contribution in [2.24, 2.45) is 0 Å². The number of carbonyl (C=O) groups excluding carboxylic acids is 1. The molecule has 1 saturated heterocycles. The second-order valence-electron chi connectivity index (χ2n) is 7.47. The number of benzene rings is 1. The van der Waals surface area contributed by atoms with Gasteiger partial charge in [0.1, 0.15) is 5.58 Å². The molecular formula is C22H24N2O5. The summed E-state index contributed by atoms with van der Waals surface area (Å²) < 4.78 is 17.2. The van der Waals surface area contributed by atoms with Crippen LogP contribution < -0.4 is 10.2 Å². The van der Waals surface area contributed by atoms with Gasteiger partial charge in [-0.1, -0.05) is 0 Å². The number of piperazine rings is 1. The van der Waals surface area contributed by atoms with Gasteiger partial charge in [0.15, 0.2) is 12.4 Å². The topological polar surface area (TPSA) is 76.1 Å². The molecule has 1 aliphatic rings. The highest BCUT2D eigenvalue weighted by molar-refractivity contribution is 5.83. The molecule has 1 fully saturated rings. The van der Waals surface area contributed by atoms with Crippen LogP contribution in [0.2, 0.25) is 0 Å². The molecule has 1 aliphatic heterocycles. The number of aryl methyl sites for hydroxylation is 2. The molecule has 4 rings (SSSR count). The lowest BCUT2D eigenvalue weighted by Crippen LogP contribution is -2.48. The fourth-order valence-corrected chi connectivity index (χ4v) is 3.42. The lowest BCUT2D eigenvalue weighted by atomic mass is 10.1. The maximum absolute atomic E-state index is 13.2. The van der Waals surface area contributed by atoms with Crippen molar-refractivity contribution in [3.05, 3.63) is 51.9 Å². The molecule has 2 aromatic heterocycles. The van der Waals surface area contributed by atoms with Crippen molar-refractivity contribution in [3.8, 4) is 17.3 Å². The molecule has 0 aliphatic carbocycles. The number of likely N-dealkylation sites (N-methyl/N-ethyl adjacent to an activating group) is 1. The largest absolute Gasteiger partial charge is 0.476 e. The number of hydrogen-bond acceptors (Lipinski definition) is 6. The van der Waals surface area contributed by atoms with Crippen LogP contribution in [0.1, 0.15) is 11.1 Å². The first-order valence-corrected chi connectivity index (χ1v) is 9.65. The maximum atomic E-state index is 13.2. The van der Waals surface area contributed by atoms with E-state index in [1.165, 1.54) is 6.26 Å². The van der Waals surface area contributed by atoms with E-state index >= 15 is 0 Å². The highest BCUT2D eigenvalue weighted by Crippen LogP contribution is 2.32. The van der Waals surface area contributed by atoms with Crippen LogP contribution in [0, 0.1) is 13.8 Å². The fraction of sp³-hybridized carbons (Fsp3) is 0.364. The SMILES string of the molecule is Cc1cc2oc(-c3ccco3)c(OCC(=O)N3CCN(C)CC3)c(=O)c2cc1C. The fourth-order valence-electron chi connectivity index (χ4n) is 3.42. The molecule has 0 unspecified atom stereocenters. The molecule has 0 bridgehead atoms. The van der Waals surface area contributed by atoms with Crippen molar-refractivity contribution in [2.75, 3.05) is 39.8 Å². The molecule has 29 heavy (non-hydrogen) atoms. The summed E-state index contributed by atoms with van der Waals surface area (Å²) in [4.78, 5) is 29.7. The van der Waals surface area contributed by atoms with Crippen LogP contribution in [0.5, 0.6) is 5.75 Å². The predicted octanol–water partition coefficient (Wildman–Crippen LogP) is 2.82. The molecule has 7 heteroatoms. The highest BCUT2D eigenvalue weighted by atomic mass is 16.5. The van der Waals surface area contributed by atoms with Gasteiger partial charge in [0, 0.05) is 26.2 Å². The Labute approximate surface area is 168 Å². The van der Waals surface area contributed by atoms with Gasteiger partial charge in [0.25, 0.3) is 5.91 Å². The monoisotopic (exact) mass is 396 g/mol. The van der Waals surface area contributed by atoms with Gasteiger partial charge in [-0.15, -0.1) is 0 Å². The summed E-state index contributed by atoms with van der Waals surface area (Å²) in [5.41, 5.74) is 2.15. The van der Waals surface area contributed by atoms with Crippen LogP contribution in [0.4, 0.5) is 0 Å². The summed E-state index contributed by atoms with van der Waals surface area (Å²) in [7, 11) is 2.03. The van der Waals surface area contributed by atoms with Gasteiger partial charge in [0.05, 0.1) is 11.6 Å². The van der Waals surface area contributed by atoms with Gasteiger partial charge in [-0.2, -0.15) is 0 Å². The minimum absolute atomic E-state index is 0.00168. The van der Waals surface area contributed by atoms with E-state index in [2.05, 4.69) is 4.90 Å². The van der Waals surface area contributed by atoms with Crippen LogP contribution in [-0.2, 0) is 4.79 Å². The van der Waals surface area contributed by atoms with Crippen LogP contribution in [0.15, 0.2) is 44.2 Å². The number of rotatable bonds is 4. The van der Waals surface area contributed by atoms with Crippen LogP contribution in [0.25, 0.3) is 22.5 Å². The summed E-state index contributed by atoms with van der Waals surface area (Å²) in [6, 6.07) is 7.02. The van der Waals surface area contributed by atoms with Crippen molar-refractivity contribution >= 4 is 16.9 Å². The van der Waals surface area contributed by atoms with Crippen molar-refractivity contribution in [2.45, 2.75) is 13.8 Å². The van der Waals surface area contributed by atoms with Gasteiger partial charge in [-0.3, -0.25) is 9.59 Å². The third-order valence-electron chi connectivity index (χ3n) is 5.41. The van der Waals surface area contributed by atoms with E-state index in [-0.39, 0.29) is 29.5 Å². The van der Waals surface area contributed by atoms with Crippen LogP contribution in [0.3, 0.4) is 0 Å². The molecule has 0 saturated carbocycles. The molecule has 0 spiro atoms. The minimum Gasteiger partial charge on any atom is -0.476 e. The Kier molecular flexibility index (Phi) is 5.15. The Morgan fingerprint density at radius 1 is 1.14 bits per heavy atom. The highest BCUT2D eigenvalue weighted by Gasteiger charge is 2.24. The lowest BCUT2D eigenvalue weighted by molar-refractivity contribution is -0.134. The second kappa shape index (κ2) is 7.75. The van der Waals surface area contributed by atoms with Crippen molar-refractivity contribution in [1.82, 2.24) is 9.80 Å². The number of hydrogen-bond donors (Lipinski definition) is 0.